The summed E-state index contributed by atoms with van der Waals surface area (Å²) in [5, 5.41) is 24.1. The minimum absolute atomic E-state index is 0. The summed E-state index contributed by atoms with van der Waals surface area (Å²) in [4.78, 5) is 19.4. The maximum atomic E-state index is 9.72. The van der Waals surface area contributed by atoms with Crippen molar-refractivity contribution in [3.63, 3.8) is 0 Å². The number of rotatable bonds is 3. The zero-order valence-corrected chi connectivity index (χ0v) is 8.83. The molecule has 6 heteroatoms. The quantitative estimate of drug-likeness (QED) is 0.545. The summed E-state index contributed by atoms with van der Waals surface area (Å²) in [6, 6.07) is 0. The maximum absolute atomic E-state index is 9.72. The fourth-order valence-corrected chi connectivity index (χ4v) is 0.253. The monoisotopic (exact) mass is 342 g/mol. The number of aliphatic hydroxyl groups excluding tert-OH is 1. The van der Waals surface area contributed by atoms with E-state index in [-0.39, 0.29) is 27.3 Å². The molecule has 0 heterocycles. The van der Waals surface area contributed by atoms with Crippen molar-refractivity contribution in [3.05, 3.63) is 0 Å². The van der Waals surface area contributed by atoms with Gasteiger partial charge in [-0.2, -0.15) is 0 Å². The fourth-order valence-electron chi connectivity index (χ4n) is 0.253. The van der Waals surface area contributed by atoms with Gasteiger partial charge in [-0.25, -0.2) is 4.79 Å². The first-order valence-electron chi connectivity index (χ1n) is 2.16. The van der Waals surface area contributed by atoms with E-state index in [2.05, 4.69) is 0 Å². The van der Waals surface area contributed by atoms with E-state index in [1.54, 1.807) is 0 Å². The molecule has 0 bridgehead atoms. The van der Waals surface area contributed by atoms with Crippen LogP contribution in [-0.2, 0) is 9.59 Å². The third-order valence-electron chi connectivity index (χ3n) is 0.653. The molecule has 0 aromatic heterocycles. The van der Waals surface area contributed by atoms with Crippen LogP contribution in [0.3, 0.4) is 0 Å². The van der Waals surface area contributed by atoms with Crippen molar-refractivity contribution in [1.29, 1.82) is 0 Å². The van der Waals surface area contributed by atoms with Gasteiger partial charge in [0.25, 0.3) is 0 Å². The molecule has 56 valence electrons. The van der Waals surface area contributed by atoms with Crippen molar-refractivity contribution in [2.45, 2.75) is 12.5 Å². The first-order chi connectivity index (χ1) is 4.04. The second-order valence-corrected chi connectivity index (χ2v) is 1.45. The largest absolute Gasteiger partial charge is 0.481 e. The molecule has 3 N–H and O–H groups in total. The Bertz CT molecular complexity index is 134. The van der Waals surface area contributed by atoms with Gasteiger partial charge in [0, 0.05) is 27.3 Å². The summed E-state index contributed by atoms with van der Waals surface area (Å²) in [5.41, 5.74) is 0. The van der Waals surface area contributed by atoms with E-state index >= 15 is 0 Å². The van der Waals surface area contributed by atoms with E-state index in [0.717, 1.165) is 0 Å². The smallest absolute Gasteiger partial charge is 0.333 e. The van der Waals surface area contributed by atoms with Gasteiger partial charge in [-0.15, -0.1) is 0 Å². The van der Waals surface area contributed by atoms with Crippen LogP contribution in [0.15, 0.2) is 0 Å². The molecule has 0 saturated carbocycles. The molecular weight excluding hydrogens is 335 g/mol. The molecule has 0 amide bonds. The number of carbonyl (C=O) groups is 2. The summed E-state index contributed by atoms with van der Waals surface area (Å²) >= 11 is 0. The third-order valence-corrected chi connectivity index (χ3v) is 0.653. The summed E-state index contributed by atoms with van der Waals surface area (Å²) in [7, 11) is 0. The number of carboxylic acids is 2. The summed E-state index contributed by atoms with van der Waals surface area (Å²) < 4.78 is 0. The van der Waals surface area contributed by atoms with Crippen LogP contribution in [0.5, 0.6) is 0 Å². The minimum atomic E-state index is -1.79. The van der Waals surface area contributed by atoms with Gasteiger partial charge in [0.2, 0.25) is 0 Å². The van der Waals surface area contributed by atoms with Crippen LogP contribution >= 0.6 is 0 Å². The van der Waals surface area contributed by atoms with Gasteiger partial charge in [-0.3, -0.25) is 4.79 Å². The molecular formula is C4H6O5Pb. The predicted octanol–water partition coefficient (Wildman–Crippen LogP) is -1.47. The number of carboxylic acid groups (broad SMARTS) is 2. The van der Waals surface area contributed by atoms with Crippen LogP contribution in [0.4, 0.5) is 0 Å². The zero-order valence-electron chi connectivity index (χ0n) is 4.94. The Morgan fingerprint density at radius 1 is 1.30 bits per heavy atom. The second-order valence-electron chi connectivity index (χ2n) is 1.45. The second kappa shape index (κ2) is 5.60. The van der Waals surface area contributed by atoms with Gasteiger partial charge < -0.3 is 15.3 Å². The molecule has 0 aromatic carbocycles. The maximum Gasteiger partial charge on any atom is 0.333 e. The molecule has 0 fully saturated rings. The van der Waals surface area contributed by atoms with Gasteiger partial charge in [0.15, 0.2) is 6.10 Å². The molecule has 0 aromatic rings. The Balaban J connectivity index is 0. The average Bonchev–Trinajstić information content (AvgIpc) is 1.63. The molecule has 0 saturated heterocycles. The third kappa shape index (κ3) is 5.95. The number of hydrogen-bond acceptors (Lipinski definition) is 3. The van der Waals surface area contributed by atoms with E-state index < -0.39 is 24.5 Å². The Morgan fingerprint density at radius 2 is 1.70 bits per heavy atom. The number of hydrogen-bond donors (Lipinski definition) is 3. The van der Waals surface area contributed by atoms with Gasteiger partial charge in [-0.05, 0) is 0 Å². The Hall–Kier alpha value is -0.178. The van der Waals surface area contributed by atoms with Crippen molar-refractivity contribution in [2.24, 2.45) is 0 Å². The van der Waals surface area contributed by atoms with Crippen LogP contribution in [0, 0.1) is 0 Å². The summed E-state index contributed by atoms with van der Waals surface area (Å²) in [6.45, 7) is 0. The van der Waals surface area contributed by atoms with E-state index in [4.69, 9.17) is 15.3 Å². The zero-order chi connectivity index (χ0) is 7.44. The molecule has 0 rings (SSSR count). The summed E-state index contributed by atoms with van der Waals surface area (Å²) in [5.74, 6) is -2.85. The molecule has 1 unspecified atom stereocenters. The normalized spacial score (nSPS) is 11.3. The molecule has 0 aliphatic heterocycles. The van der Waals surface area contributed by atoms with E-state index in [1.165, 1.54) is 0 Å². The Morgan fingerprint density at radius 3 is 1.80 bits per heavy atom. The minimum Gasteiger partial charge on any atom is -0.481 e. The SMILES string of the molecule is O=C(O)CC(O)C(=O)O.[Pb]. The molecule has 1 atom stereocenters. The van der Waals surface area contributed by atoms with Gasteiger partial charge in [0.05, 0.1) is 6.42 Å². The van der Waals surface area contributed by atoms with Gasteiger partial charge >= 0.3 is 11.9 Å². The average molecular weight is 341 g/mol. The van der Waals surface area contributed by atoms with E-state index in [0.29, 0.717) is 0 Å². The molecule has 0 spiro atoms. The van der Waals surface area contributed by atoms with Crippen molar-refractivity contribution >= 4 is 39.2 Å². The van der Waals surface area contributed by atoms with E-state index in [1.807, 2.05) is 0 Å². The van der Waals surface area contributed by atoms with Gasteiger partial charge in [-0.1, -0.05) is 0 Å². The van der Waals surface area contributed by atoms with Crippen molar-refractivity contribution in [2.75, 3.05) is 0 Å². The Labute approximate surface area is 76.8 Å². The topological polar surface area (TPSA) is 94.8 Å². The molecule has 4 radical (unpaired) electrons. The molecule has 5 nitrogen and oxygen atoms in total. The number of aliphatic hydroxyl groups is 1. The van der Waals surface area contributed by atoms with Crippen LogP contribution in [0.25, 0.3) is 0 Å². The van der Waals surface area contributed by atoms with Crippen LogP contribution in [0.1, 0.15) is 6.42 Å². The Kier molecular flexibility index (Phi) is 6.99. The first kappa shape index (κ1) is 12.5. The number of aliphatic carboxylic acids is 2. The molecule has 0 aliphatic rings. The van der Waals surface area contributed by atoms with Crippen LogP contribution < -0.4 is 0 Å². The first-order valence-corrected chi connectivity index (χ1v) is 2.16. The fraction of sp³-hybridized carbons (Fsp3) is 0.500. The van der Waals surface area contributed by atoms with Crippen molar-refractivity contribution < 1.29 is 24.9 Å². The molecule has 0 aliphatic carbocycles. The van der Waals surface area contributed by atoms with Gasteiger partial charge in [0.1, 0.15) is 0 Å². The standard InChI is InChI=1S/C4H6O5.Pb/c5-2(4(8)9)1-3(6)7;/h2,5H,1H2,(H,6,7)(H,8,9);. The van der Waals surface area contributed by atoms with Crippen LogP contribution in [-0.4, -0.2) is 60.7 Å². The van der Waals surface area contributed by atoms with Crippen LogP contribution in [0.2, 0.25) is 0 Å². The predicted molar refractivity (Wildman–Crippen MR) is 31.6 cm³/mol. The summed E-state index contributed by atoms with van der Waals surface area (Å²) in [6.07, 6.45) is -2.54. The van der Waals surface area contributed by atoms with E-state index in [9.17, 15) is 9.59 Å². The molecule has 10 heavy (non-hydrogen) atoms. The van der Waals surface area contributed by atoms with Crippen molar-refractivity contribution in [3.8, 4) is 0 Å². The van der Waals surface area contributed by atoms with Crippen molar-refractivity contribution in [1.82, 2.24) is 0 Å².